The zero-order valence-corrected chi connectivity index (χ0v) is 13.3. The van der Waals surface area contributed by atoms with Crippen LogP contribution in [0.1, 0.15) is 57.6 Å². The van der Waals surface area contributed by atoms with Crippen LogP contribution in [0.4, 0.5) is 0 Å². The van der Waals surface area contributed by atoms with Gasteiger partial charge in [0.25, 0.3) is 0 Å². The number of hydrogen-bond donors (Lipinski definition) is 2. The number of carboxylic acid groups (broad SMARTS) is 1. The summed E-state index contributed by atoms with van der Waals surface area (Å²) in [5.41, 5.74) is 1.79. The monoisotopic (exact) mass is 291 g/mol. The predicted octanol–water partition coefficient (Wildman–Crippen LogP) is 3.32. The Morgan fingerprint density at radius 1 is 1.14 bits per heavy atom. The number of aliphatic carboxylic acids is 1. The fourth-order valence-corrected chi connectivity index (χ4v) is 2.19. The van der Waals surface area contributed by atoms with E-state index in [0.717, 1.165) is 5.56 Å². The van der Waals surface area contributed by atoms with Gasteiger partial charge in [0.05, 0.1) is 6.42 Å². The third-order valence-corrected chi connectivity index (χ3v) is 3.40. The van der Waals surface area contributed by atoms with Gasteiger partial charge < -0.3 is 10.4 Å². The fourth-order valence-electron chi connectivity index (χ4n) is 2.19. The number of carbonyl (C=O) groups is 2. The molecular formula is C17H25NO3. The molecule has 1 aromatic carbocycles. The van der Waals surface area contributed by atoms with Gasteiger partial charge in [-0.3, -0.25) is 9.59 Å². The summed E-state index contributed by atoms with van der Waals surface area (Å²) in [5.74, 6) is -0.503. The van der Waals surface area contributed by atoms with Crippen LogP contribution in [0.25, 0.3) is 0 Å². The van der Waals surface area contributed by atoms with Crippen molar-refractivity contribution >= 4 is 11.9 Å². The van der Waals surface area contributed by atoms with Crippen LogP contribution in [-0.4, -0.2) is 17.0 Å². The molecule has 4 nitrogen and oxygen atoms in total. The summed E-state index contributed by atoms with van der Waals surface area (Å²) in [6.45, 7) is 8.33. The van der Waals surface area contributed by atoms with Crippen LogP contribution < -0.4 is 5.32 Å². The van der Waals surface area contributed by atoms with Gasteiger partial charge in [0.1, 0.15) is 0 Å². The minimum absolute atomic E-state index is 0.0104. The van der Waals surface area contributed by atoms with Crippen LogP contribution in [-0.2, 0) is 16.1 Å². The first-order valence-electron chi connectivity index (χ1n) is 7.27. The molecule has 0 aliphatic rings. The molecule has 0 unspecified atom stereocenters. The molecule has 0 radical (unpaired) electrons. The lowest BCUT2D eigenvalue weighted by molar-refractivity contribution is -0.139. The molecule has 0 bridgehead atoms. The summed E-state index contributed by atoms with van der Waals surface area (Å²) in [6, 6.07) is 8.16. The zero-order valence-electron chi connectivity index (χ0n) is 13.3. The maximum absolute atomic E-state index is 11.9. The van der Waals surface area contributed by atoms with Crippen molar-refractivity contribution in [3.05, 3.63) is 35.4 Å². The van der Waals surface area contributed by atoms with Gasteiger partial charge in [0.2, 0.25) is 5.91 Å². The van der Waals surface area contributed by atoms with Crippen molar-refractivity contribution in [2.45, 2.75) is 53.0 Å². The topological polar surface area (TPSA) is 66.4 Å². The number of hydrogen-bond acceptors (Lipinski definition) is 2. The van der Waals surface area contributed by atoms with E-state index in [9.17, 15) is 9.59 Å². The van der Waals surface area contributed by atoms with Crippen LogP contribution in [0.3, 0.4) is 0 Å². The molecule has 0 aliphatic carbocycles. The van der Waals surface area contributed by atoms with Crippen LogP contribution in [0.15, 0.2) is 24.3 Å². The van der Waals surface area contributed by atoms with Crippen LogP contribution >= 0.6 is 0 Å². The SMILES string of the molecule is CC(C)c1ccc(CNC(=O)CC(C)(C)CC(=O)O)cc1. The summed E-state index contributed by atoms with van der Waals surface area (Å²) in [5, 5.41) is 11.7. The highest BCUT2D eigenvalue weighted by Crippen LogP contribution is 2.24. The van der Waals surface area contributed by atoms with E-state index in [1.165, 1.54) is 5.56 Å². The van der Waals surface area contributed by atoms with Crippen LogP contribution in [0.2, 0.25) is 0 Å². The number of amides is 1. The minimum Gasteiger partial charge on any atom is -0.481 e. The first kappa shape index (κ1) is 17.2. The Bertz CT molecular complexity index is 489. The highest BCUT2D eigenvalue weighted by Gasteiger charge is 2.24. The number of carbonyl (C=O) groups excluding carboxylic acids is 1. The maximum atomic E-state index is 11.9. The minimum atomic E-state index is -0.878. The quantitative estimate of drug-likeness (QED) is 0.810. The normalized spacial score (nSPS) is 11.5. The Morgan fingerprint density at radius 3 is 2.19 bits per heavy atom. The van der Waals surface area contributed by atoms with Gasteiger partial charge in [0, 0.05) is 13.0 Å². The number of rotatable bonds is 7. The lowest BCUT2D eigenvalue weighted by atomic mass is 9.85. The molecule has 0 heterocycles. The fraction of sp³-hybridized carbons (Fsp3) is 0.529. The van der Waals surface area contributed by atoms with E-state index < -0.39 is 11.4 Å². The lowest BCUT2D eigenvalue weighted by Crippen LogP contribution is -2.29. The van der Waals surface area contributed by atoms with E-state index in [2.05, 4.69) is 31.3 Å². The Balaban J connectivity index is 2.47. The second kappa shape index (κ2) is 7.25. The Kier molecular flexibility index (Phi) is 5.94. The smallest absolute Gasteiger partial charge is 0.303 e. The number of benzene rings is 1. The van der Waals surface area contributed by atoms with E-state index in [1.54, 1.807) is 13.8 Å². The van der Waals surface area contributed by atoms with Crippen molar-refractivity contribution in [1.82, 2.24) is 5.32 Å². The average molecular weight is 291 g/mol. The van der Waals surface area contributed by atoms with E-state index in [4.69, 9.17) is 5.11 Å². The Labute approximate surface area is 126 Å². The third-order valence-electron chi connectivity index (χ3n) is 3.40. The lowest BCUT2D eigenvalue weighted by Gasteiger charge is -2.21. The highest BCUT2D eigenvalue weighted by atomic mass is 16.4. The molecule has 4 heteroatoms. The van der Waals surface area contributed by atoms with Gasteiger partial charge in [-0.1, -0.05) is 52.0 Å². The van der Waals surface area contributed by atoms with Gasteiger partial charge in [-0.15, -0.1) is 0 Å². The predicted molar refractivity (Wildman–Crippen MR) is 83.0 cm³/mol. The standard InChI is InChI=1S/C17H25NO3/c1-12(2)14-7-5-13(6-8-14)11-18-15(19)9-17(3,4)10-16(20)21/h5-8,12H,9-11H2,1-4H3,(H,18,19)(H,20,21). The van der Waals surface area contributed by atoms with Crippen molar-refractivity contribution in [1.29, 1.82) is 0 Å². The van der Waals surface area contributed by atoms with E-state index in [0.29, 0.717) is 12.5 Å². The highest BCUT2D eigenvalue weighted by molar-refractivity contribution is 5.77. The second-order valence-electron chi connectivity index (χ2n) is 6.58. The molecule has 0 fully saturated rings. The zero-order chi connectivity index (χ0) is 16.0. The second-order valence-corrected chi connectivity index (χ2v) is 6.58. The van der Waals surface area contributed by atoms with Gasteiger partial charge in [-0.25, -0.2) is 0 Å². The largest absolute Gasteiger partial charge is 0.481 e. The molecule has 0 saturated carbocycles. The average Bonchev–Trinajstić information content (AvgIpc) is 2.34. The van der Waals surface area contributed by atoms with Gasteiger partial charge >= 0.3 is 5.97 Å². The molecule has 21 heavy (non-hydrogen) atoms. The molecular weight excluding hydrogens is 266 g/mol. The molecule has 0 aliphatic heterocycles. The molecule has 1 amide bonds. The van der Waals surface area contributed by atoms with Crippen LogP contribution in [0.5, 0.6) is 0 Å². The summed E-state index contributed by atoms with van der Waals surface area (Å²) in [7, 11) is 0. The summed E-state index contributed by atoms with van der Waals surface area (Å²) < 4.78 is 0. The molecule has 0 atom stereocenters. The van der Waals surface area contributed by atoms with Gasteiger partial charge in [-0.05, 0) is 22.5 Å². The molecule has 116 valence electrons. The summed E-state index contributed by atoms with van der Waals surface area (Å²) in [6.07, 6.45) is 0.201. The Morgan fingerprint density at radius 2 is 1.71 bits per heavy atom. The molecule has 1 aromatic rings. The van der Waals surface area contributed by atoms with Crippen molar-refractivity contribution < 1.29 is 14.7 Å². The molecule has 1 rings (SSSR count). The molecule has 0 aromatic heterocycles. The molecule has 0 saturated heterocycles. The van der Waals surface area contributed by atoms with Gasteiger partial charge in [-0.2, -0.15) is 0 Å². The summed E-state index contributed by atoms with van der Waals surface area (Å²) >= 11 is 0. The van der Waals surface area contributed by atoms with Crippen molar-refractivity contribution in [3.8, 4) is 0 Å². The third kappa shape index (κ3) is 6.43. The molecule has 0 spiro atoms. The van der Waals surface area contributed by atoms with Gasteiger partial charge in [0.15, 0.2) is 0 Å². The first-order chi connectivity index (χ1) is 9.69. The maximum Gasteiger partial charge on any atom is 0.303 e. The number of carboxylic acids is 1. The summed E-state index contributed by atoms with van der Waals surface area (Å²) in [4.78, 5) is 22.6. The van der Waals surface area contributed by atoms with Crippen LogP contribution in [0, 0.1) is 5.41 Å². The van der Waals surface area contributed by atoms with E-state index in [-0.39, 0.29) is 18.7 Å². The van der Waals surface area contributed by atoms with Crippen molar-refractivity contribution in [2.24, 2.45) is 5.41 Å². The molecule has 2 N–H and O–H groups in total. The number of nitrogens with one attached hydrogen (secondary N) is 1. The van der Waals surface area contributed by atoms with E-state index >= 15 is 0 Å². The van der Waals surface area contributed by atoms with Crippen molar-refractivity contribution in [3.63, 3.8) is 0 Å². The first-order valence-corrected chi connectivity index (χ1v) is 7.27. The van der Waals surface area contributed by atoms with E-state index in [1.807, 2.05) is 12.1 Å². The Hall–Kier alpha value is -1.84. The van der Waals surface area contributed by atoms with Crippen molar-refractivity contribution in [2.75, 3.05) is 0 Å².